The average Bonchev–Trinajstić information content (AvgIpc) is 3.12. The first-order chi connectivity index (χ1) is 11.7. The molecule has 1 aromatic carbocycles. The molecule has 0 saturated carbocycles. The van der Waals surface area contributed by atoms with E-state index in [2.05, 4.69) is 15.3 Å². The molecule has 0 spiro atoms. The van der Waals surface area contributed by atoms with Gasteiger partial charge in [-0.1, -0.05) is 12.1 Å². The maximum Gasteiger partial charge on any atom is 0.274 e. The van der Waals surface area contributed by atoms with E-state index < -0.39 is 0 Å². The topological polar surface area (TPSA) is 77.2 Å². The minimum atomic E-state index is -0.300. The van der Waals surface area contributed by atoms with Crippen LogP contribution in [0.15, 0.2) is 59.6 Å². The number of carbonyl (C=O) groups excluding carboxylic acids is 1. The summed E-state index contributed by atoms with van der Waals surface area (Å²) in [5.41, 5.74) is 1.93. The molecule has 0 unspecified atom stereocenters. The number of ether oxygens (including phenoxy) is 1. The number of methoxy groups -OCH3 is 1. The molecule has 2 heterocycles. The number of nitrogens with one attached hydrogen (secondary N) is 1. The Labute approximate surface area is 139 Å². The highest BCUT2D eigenvalue weighted by Gasteiger charge is 2.20. The molecule has 0 radical (unpaired) electrons. The molecule has 0 aliphatic heterocycles. The first-order valence-electron chi connectivity index (χ1n) is 7.47. The second-order valence-electron chi connectivity index (χ2n) is 5.24. The van der Waals surface area contributed by atoms with Crippen LogP contribution in [-0.4, -0.2) is 23.0 Å². The number of nitrogens with zero attached hydrogens (tertiary/aromatic N) is 2. The van der Waals surface area contributed by atoms with Crippen LogP contribution in [0.1, 0.15) is 29.0 Å². The quantitative estimate of drug-likeness (QED) is 0.780. The molecule has 0 aliphatic carbocycles. The maximum atomic E-state index is 12.6. The predicted octanol–water partition coefficient (Wildman–Crippen LogP) is 3.24. The van der Waals surface area contributed by atoms with Crippen LogP contribution in [0.5, 0.6) is 5.75 Å². The fraction of sp³-hybridized carbons (Fsp3) is 0.167. The fourth-order valence-corrected chi connectivity index (χ4v) is 2.38. The molecule has 6 nitrogen and oxygen atoms in total. The summed E-state index contributed by atoms with van der Waals surface area (Å²) in [6, 6.07) is 10.8. The first kappa shape index (κ1) is 15.7. The van der Waals surface area contributed by atoms with Gasteiger partial charge in [-0.25, -0.2) is 4.98 Å². The summed E-state index contributed by atoms with van der Waals surface area (Å²) in [6.45, 7) is 1.90. The highest BCUT2D eigenvalue weighted by molar-refractivity contribution is 5.97. The van der Waals surface area contributed by atoms with Crippen molar-refractivity contribution in [3.8, 4) is 17.1 Å². The zero-order valence-corrected chi connectivity index (χ0v) is 13.4. The lowest BCUT2D eigenvalue weighted by molar-refractivity contribution is 0.0935. The zero-order chi connectivity index (χ0) is 16.9. The van der Waals surface area contributed by atoms with Gasteiger partial charge in [-0.05, 0) is 36.8 Å². The van der Waals surface area contributed by atoms with Gasteiger partial charge in [0.1, 0.15) is 5.75 Å². The van der Waals surface area contributed by atoms with Crippen LogP contribution in [-0.2, 0) is 0 Å². The van der Waals surface area contributed by atoms with Gasteiger partial charge in [-0.15, -0.1) is 0 Å². The number of pyridine rings is 1. The number of rotatable bonds is 5. The predicted molar refractivity (Wildman–Crippen MR) is 88.6 cm³/mol. The molecule has 122 valence electrons. The van der Waals surface area contributed by atoms with E-state index in [0.29, 0.717) is 11.5 Å². The van der Waals surface area contributed by atoms with Gasteiger partial charge in [0, 0.05) is 18.0 Å². The van der Waals surface area contributed by atoms with Crippen LogP contribution in [0.4, 0.5) is 0 Å². The van der Waals surface area contributed by atoms with Crippen molar-refractivity contribution in [2.24, 2.45) is 0 Å². The largest absolute Gasteiger partial charge is 0.497 e. The number of oxazole rings is 1. The van der Waals surface area contributed by atoms with Crippen LogP contribution in [0.3, 0.4) is 0 Å². The van der Waals surface area contributed by atoms with Gasteiger partial charge < -0.3 is 14.5 Å². The van der Waals surface area contributed by atoms with Crippen molar-refractivity contribution in [3.05, 3.63) is 66.4 Å². The minimum Gasteiger partial charge on any atom is -0.497 e. The molecular weight excluding hydrogens is 306 g/mol. The van der Waals surface area contributed by atoms with E-state index in [4.69, 9.17) is 9.15 Å². The van der Waals surface area contributed by atoms with E-state index >= 15 is 0 Å². The molecule has 3 rings (SSSR count). The van der Waals surface area contributed by atoms with Crippen LogP contribution in [0.25, 0.3) is 11.3 Å². The van der Waals surface area contributed by atoms with Crippen LogP contribution in [0, 0.1) is 0 Å². The Bertz CT molecular complexity index is 830. The number of hydrogen-bond donors (Lipinski definition) is 1. The molecule has 1 atom stereocenters. The Morgan fingerprint density at radius 3 is 2.79 bits per heavy atom. The molecule has 24 heavy (non-hydrogen) atoms. The third-order valence-corrected chi connectivity index (χ3v) is 3.67. The van der Waals surface area contributed by atoms with Crippen LogP contribution < -0.4 is 10.1 Å². The van der Waals surface area contributed by atoms with Crippen molar-refractivity contribution >= 4 is 5.91 Å². The lowest BCUT2D eigenvalue weighted by Crippen LogP contribution is -2.27. The Morgan fingerprint density at radius 2 is 2.04 bits per heavy atom. The van der Waals surface area contributed by atoms with Gasteiger partial charge in [-0.2, -0.15) is 0 Å². The molecule has 3 aromatic rings. The summed E-state index contributed by atoms with van der Waals surface area (Å²) in [5.74, 6) is 0.791. The average molecular weight is 323 g/mol. The van der Waals surface area contributed by atoms with Crippen molar-refractivity contribution in [1.29, 1.82) is 0 Å². The van der Waals surface area contributed by atoms with E-state index in [1.807, 2.05) is 37.3 Å². The summed E-state index contributed by atoms with van der Waals surface area (Å²) in [6.07, 6.45) is 4.65. The van der Waals surface area contributed by atoms with Gasteiger partial charge in [0.25, 0.3) is 5.91 Å². The van der Waals surface area contributed by atoms with E-state index in [0.717, 1.165) is 11.1 Å². The molecule has 1 N–H and O–H groups in total. The van der Waals surface area contributed by atoms with Gasteiger partial charge in [-0.3, -0.25) is 9.78 Å². The number of hydrogen-bond acceptors (Lipinski definition) is 5. The van der Waals surface area contributed by atoms with Crippen molar-refractivity contribution in [2.45, 2.75) is 13.0 Å². The van der Waals surface area contributed by atoms with Crippen molar-refractivity contribution < 1.29 is 13.9 Å². The summed E-state index contributed by atoms with van der Waals surface area (Å²) in [4.78, 5) is 20.6. The maximum absolute atomic E-state index is 12.6. The highest BCUT2D eigenvalue weighted by atomic mass is 16.5. The fourth-order valence-electron chi connectivity index (χ4n) is 2.38. The molecule has 0 saturated heterocycles. The second-order valence-corrected chi connectivity index (χ2v) is 5.24. The molecule has 0 aliphatic rings. The van der Waals surface area contributed by atoms with E-state index in [-0.39, 0.29) is 17.6 Å². The zero-order valence-electron chi connectivity index (χ0n) is 13.4. The molecule has 0 bridgehead atoms. The molecular formula is C18H17N3O3. The summed E-state index contributed by atoms with van der Waals surface area (Å²) in [5, 5.41) is 2.92. The third kappa shape index (κ3) is 3.27. The number of amides is 1. The SMILES string of the molecule is COc1cccc(-c2ocnc2C(=O)N[C@@H](C)c2ccncc2)c1. The van der Waals surface area contributed by atoms with Gasteiger partial charge in [0.05, 0.1) is 13.2 Å². The Kier molecular flexibility index (Phi) is 4.56. The number of benzene rings is 1. The van der Waals surface area contributed by atoms with Gasteiger partial charge in [0.2, 0.25) is 0 Å². The smallest absolute Gasteiger partial charge is 0.274 e. The van der Waals surface area contributed by atoms with Crippen molar-refractivity contribution in [3.63, 3.8) is 0 Å². The molecule has 6 heteroatoms. The third-order valence-electron chi connectivity index (χ3n) is 3.67. The summed E-state index contributed by atoms with van der Waals surface area (Å²) in [7, 11) is 1.59. The Balaban J connectivity index is 1.83. The van der Waals surface area contributed by atoms with E-state index in [9.17, 15) is 4.79 Å². The first-order valence-corrected chi connectivity index (χ1v) is 7.47. The minimum absolute atomic E-state index is 0.171. The monoisotopic (exact) mass is 323 g/mol. The Morgan fingerprint density at radius 1 is 1.25 bits per heavy atom. The van der Waals surface area contributed by atoms with Crippen LogP contribution >= 0.6 is 0 Å². The second kappa shape index (κ2) is 6.95. The van der Waals surface area contributed by atoms with Gasteiger partial charge >= 0.3 is 0 Å². The Hall–Kier alpha value is -3.15. The number of carbonyl (C=O) groups is 1. The lowest BCUT2D eigenvalue weighted by atomic mass is 10.1. The van der Waals surface area contributed by atoms with Crippen molar-refractivity contribution in [2.75, 3.05) is 7.11 Å². The van der Waals surface area contributed by atoms with Crippen molar-refractivity contribution in [1.82, 2.24) is 15.3 Å². The van der Waals surface area contributed by atoms with E-state index in [1.54, 1.807) is 25.6 Å². The van der Waals surface area contributed by atoms with Gasteiger partial charge in [0.15, 0.2) is 17.8 Å². The lowest BCUT2D eigenvalue weighted by Gasteiger charge is -2.13. The summed E-state index contributed by atoms with van der Waals surface area (Å²) < 4.78 is 10.6. The standard InChI is InChI=1S/C18H17N3O3/c1-12(13-6-8-19-9-7-13)21-18(22)16-17(24-11-20-16)14-4-3-5-15(10-14)23-2/h3-12H,1-2H3,(H,21,22)/t12-/m0/s1. The van der Waals surface area contributed by atoms with Crippen LogP contribution in [0.2, 0.25) is 0 Å². The van der Waals surface area contributed by atoms with E-state index in [1.165, 1.54) is 6.39 Å². The molecule has 1 amide bonds. The molecule has 0 fully saturated rings. The normalized spacial score (nSPS) is 11.8. The number of aromatic nitrogens is 2. The molecule has 2 aromatic heterocycles. The summed E-state index contributed by atoms with van der Waals surface area (Å²) >= 11 is 0. The highest BCUT2D eigenvalue weighted by Crippen LogP contribution is 2.27.